The number of benzene rings is 2. The summed E-state index contributed by atoms with van der Waals surface area (Å²) in [5.41, 5.74) is 7.28. The molecule has 3 N–H and O–H groups in total. The SMILES string of the molecule is COc1ccccc1C1(O)CCCN(C(=O)C2NNC(c3ccccc3)C2C)C1. The first-order valence-corrected chi connectivity index (χ1v) is 10.2. The van der Waals surface area contributed by atoms with Crippen molar-refractivity contribution in [3.05, 3.63) is 65.7 Å². The molecule has 2 aromatic carbocycles. The van der Waals surface area contributed by atoms with Crippen LogP contribution < -0.4 is 15.6 Å². The minimum atomic E-state index is -1.10. The molecule has 0 saturated carbocycles. The highest BCUT2D eigenvalue weighted by Gasteiger charge is 2.44. The minimum absolute atomic E-state index is 0.0245. The van der Waals surface area contributed by atoms with Crippen LogP contribution in [-0.4, -0.2) is 42.2 Å². The summed E-state index contributed by atoms with van der Waals surface area (Å²) in [6, 6.07) is 17.4. The first-order valence-electron chi connectivity index (χ1n) is 10.2. The van der Waals surface area contributed by atoms with Crippen LogP contribution >= 0.6 is 0 Å². The highest BCUT2D eigenvalue weighted by Crippen LogP contribution is 2.38. The van der Waals surface area contributed by atoms with Crippen molar-refractivity contribution in [2.24, 2.45) is 5.92 Å². The van der Waals surface area contributed by atoms with Gasteiger partial charge in [0.2, 0.25) is 5.91 Å². The Hall–Kier alpha value is -2.41. The van der Waals surface area contributed by atoms with Gasteiger partial charge in [-0.2, -0.15) is 0 Å². The molecule has 2 aliphatic rings. The molecule has 2 saturated heterocycles. The lowest BCUT2D eigenvalue weighted by Crippen LogP contribution is -2.54. The number of hydrogen-bond donors (Lipinski definition) is 3. The molecule has 0 aromatic heterocycles. The van der Waals surface area contributed by atoms with Crippen LogP contribution in [0.4, 0.5) is 0 Å². The predicted octanol–water partition coefficient (Wildman–Crippen LogP) is 2.36. The summed E-state index contributed by atoms with van der Waals surface area (Å²) in [6.45, 7) is 3.01. The van der Waals surface area contributed by atoms with E-state index in [1.54, 1.807) is 12.0 Å². The maximum atomic E-state index is 13.3. The number of para-hydroxylation sites is 1. The van der Waals surface area contributed by atoms with Crippen LogP contribution in [0.15, 0.2) is 54.6 Å². The summed E-state index contributed by atoms with van der Waals surface area (Å²) >= 11 is 0. The molecule has 0 radical (unpaired) electrons. The molecule has 4 unspecified atom stereocenters. The van der Waals surface area contributed by atoms with Gasteiger partial charge in [-0.3, -0.25) is 4.79 Å². The van der Waals surface area contributed by atoms with E-state index in [0.29, 0.717) is 18.7 Å². The lowest BCUT2D eigenvalue weighted by atomic mass is 9.84. The molecule has 6 heteroatoms. The lowest BCUT2D eigenvalue weighted by molar-refractivity contribution is -0.141. The van der Waals surface area contributed by atoms with Gasteiger partial charge in [0.05, 0.1) is 19.7 Å². The van der Waals surface area contributed by atoms with E-state index in [0.717, 1.165) is 17.5 Å². The van der Waals surface area contributed by atoms with Gasteiger partial charge < -0.3 is 14.7 Å². The molecule has 0 aliphatic carbocycles. The third-order valence-corrected chi connectivity index (χ3v) is 6.26. The summed E-state index contributed by atoms with van der Waals surface area (Å²) in [6.07, 6.45) is 1.35. The molecule has 6 nitrogen and oxygen atoms in total. The van der Waals surface area contributed by atoms with Crippen LogP contribution in [0.25, 0.3) is 0 Å². The van der Waals surface area contributed by atoms with Gasteiger partial charge >= 0.3 is 0 Å². The third-order valence-electron chi connectivity index (χ3n) is 6.26. The number of rotatable bonds is 4. The van der Waals surface area contributed by atoms with Gasteiger partial charge in [0.15, 0.2) is 0 Å². The van der Waals surface area contributed by atoms with Crippen molar-refractivity contribution in [1.29, 1.82) is 0 Å². The number of amides is 1. The normalized spacial score (nSPS) is 29.6. The molecule has 2 heterocycles. The number of methoxy groups -OCH3 is 1. The number of carbonyl (C=O) groups excluding carboxylic acids is 1. The Bertz CT molecular complexity index is 859. The maximum Gasteiger partial charge on any atom is 0.241 e. The summed E-state index contributed by atoms with van der Waals surface area (Å²) in [5, 5.41) is 11.4. The first kappa shape index (κ1) is 19.9. The Morgan fingerprint density at radius 3 is 2.62 bits per heavy atom. The second-order valence-corrected chi connectivity index (χ2v) is 8.11. The first-order chi connectivity index (χ1) is 14.0. The highest BCUT2D eigenvalue weighted by molar-refractivity contribution is 5.83. The molecule has 2 aromatic rings. The molecular formula is C23H29N3O3. The van der Waals surface area contributed by atoms with E-state index in [1.807, 2.05) is 42.5 Å². The van der Waals surface area contributed by atoms with Gasteiger partial charge in [-0.05, 0) is 24.5 Å². The Morgan fingerprint density at radius 2 is 1.86 bits per heavy atom. The van der Waals surface area contributed by atoms with E-state index in [9.17, 15) is 9.90 Å². The number of nitrogens with one attached hydrogen (secondary N) is 2. The van der Waals surface area contributed by atoms with Crippen molar-refractivity contribution in [3.63, 3.8) is 0 Å². The quantitative estimate of drug-likeness (QED) is 0.741. The zero-order valence-corrected chi connectivity index (χ0v) is 17.0. The molecule has 29 heavy (non-hydrogen) atoms. The number of piperidine rings is 1. The molecule has 1 amide bonds. The second-order valence-electron chi connectivity index (χ2n) is 8.11. The Kier molecular flexibility index (Phi) is 5.58. The number of ether oxygens (including phenoxy) is 1. The Morgan fingerprint density at radius 1 is 1.14 bits per heavy atom. The monoisotopic (exact) mass is 395 g/mol. The van der Waals surface area contributed by atoms with Gasteiger partial charge in [-0.25, -0.2) is 10.9 Å². The van der Waals surface area contributed by atoms with E-state index >= 15 is 0 Å². The van der Waals surface area contributed by atoms with Crippen LogP contribution in [0.3, 0.4) is 0 Å². The van der Waals surface area contributed by atoms with Crippen LogP contribution in [-0.2, 0) is 10.4 Å². The van der Waals surface area contributed by atoms with E-state index in [1.165, 1.54) is 0 Å². The van der Waals surface area contributed by atoms with Gasteiger partial charge in [-0.15, -0.1) is 0 Å². The number of aliphatic hydroxyl groups is 1. The largest absolute Gasteiger partial charge is 0.496 e. The number of hydrogen-bond acceptors (Lipinski definition) is 5. The molecule has 2 fully saturated rings. The molecule has 4 atom stereocenters. The minimum Gasteiger partial charge on any atom is -0.496 e. The summed E-state index contributed by atoms with van der Waals surface area (Å²) in [4.78, 5) is 15.1. The molecular weight excluding hydrogens is 366 g/mol. The zero-order valence-electron chi connectivity index (χ0n) is 17.0. The van der Waals surface area contributed by atoms with E-state index < -0.39 is 5.60 Å². The molecule has 0 spiro atoms. The fraction of sp³-hybridized carbons (Fsp3) is 0.435. The zero-order chi connectivity index (χ0) is 20.4. The third kappa shape index (κ3) is 3.75. The standard InChI is InChI=1S/C23H29N3O3/c1-16-20(17-9-4-3-5-10-17)24-25-21(16)22(27)26-14-8-13-23(28,15-26)18-11-6-7-12-19(18)29-2/h3-7,9-12,16,20-21,24-25,28H,8,13-15H2,1-2H3. The lowest BCUT2D eigenvalue weighted by Gasteiger charge is -2.41. The Balaban J connectivity index is 1.51. The average molecular weight is 396 g/mol. The van der Waals surface area contributed by atoms with Crippen molar-refractivity contribution in [2.45, 2.75) is 37.5 Å². The highest BCUT2D eigenvalue weighted by atomic mass is 16.5. The van der Waals surface area contributed by atoms with Crippen molar-refractivity contribution in [2.75, 3.05) is 20.2 Å². The number of carbonyl (C=O) groups is 1. The smallest absolute Gasteiger partial charge is 0.241 e. The average Bonchev–Trinajstić information content (AvgIpc) is 3.15. The number of likely N-dealkylation sites (tertiary alicyclic amines) is 1. The van der Waals surface area contributed by atoms with E-state index in [-0.39, 0.29) is 30.5 Å². The van der Waals surface area contributed by atoms with Crippen LogP contribution in [0.5, 0.6) is 5.75 Å². The Labute approximate surface area is 171 Å². The predicted molar refractivity (Wildman–Crippen MR) is 111 cm³/mol. The van der Waals surface area contributed by atoms with Crippen molar-refractivity contribution in [3.8, 4) is 5.75 Å². The molecule has 154 valence electrons. The van der Waals surface area contributed by atoms with Crippen LogP contribution in [0, 0.1) is 5.92 Å². The fourth-order valence-corrected chi connectivity index (χ4v) is 4.64. The summed E-state index contributed by atoms with van der Waals surface area (Å²) in [5.74, 6) is 0.769. The van der Waals surface area contributed by atoms with E-state index in [2.05, 4.69) is 29.9 Å². The van der Waals surface area contributed by atoms with Crippen molar-refractivity contribution >= 4 is 5.91 Å². The molecule has 0 bridgehead atoms. The fourth-order valence-electron chi connectivity index (χ4n) is 4.64. The van der Waals surface area contributed by atoms with Gasteiger partial charge in [0, 0.05) is 18.0 Å². The van der Waals surface area contributed by atoms with Crippen LogP contribution in [0.1, 0.15) is 36.9 Å². The van der Waals surface area contributed by atoms with Gasteiger partial charge in [-0.1, -0.05) is 55.5 Å². The van der Waals surface area contributed by atoms with Gasteiger partial charge in [0.1, 0.15) is 17.4 Å². The van der Waals surface area contributed by atoms with Crippen molar-refractivity contribution in [1.82, 2.24) is 15.8 Å². The molecule has 4 rings (SSSR count). The molecule has 2 aliphatic heterocycles. The van der Waals surface area contributed by atoms with Crippen LogP contribution in [0.2, 0.25) is 0 Å². The number of hydrazine groups is 1. The second kappa shape index (κ2) is 8.14. The van der Waals surface area contributed by atoms with Crippen molar-refractivity contribution < 1.29 is 14.6 Å². The number of nitrogens with zero attached hydrogens (tertiary/aromatic N) is 1. The van der Waals surface area contributed by atoms with Gasteiger partial charge in [0.25, 0.3) is 0 Å². The van der Waals surface area contributed by atoms with E-state index in [4.69, 9.17) is 4.74 Å². The summed E-state index contributed by atoms with van der Waals surface area (Å²) < 4.78 is 5.45. The number of β-amino-alcohol motifs (C(OH)–C–C–N with tert-alkyl or cyclic N) is 1. The summed E-state index contributed by atoms with van der Waals surface area (Å²) in [7, 11) is 1.60. The maximum absolute atomic E-state index is 13.3. The topological polar surface area (TPSA) is 73.8 Å².